The van der Waals surface area contributed by atoms with Crippen molar-refractivity contribution in [2.75, 3.05) is 16.8 Å². The summed E-state index contributed by atoms with van der Waals surface area (Å²) in [6, 6.07) is 4.31. The van der Waals surface area contributed by atoms with Crippen LogP contribution in [-0.2, 0) is 37.4 Å². The zero-order valence-corrected chi connectivity index (χ0v) is 28.7. The molecule has 1 saturated heterocycles. The van der Waals surface area contributed by atoms with Gasteiger partial charge in [0, 0.05) is 36.7 Å². The van der Waals surface area contributed by atoms with Crippen LogP contribution in [0.25, 0.3) is 0 Å². The van der Waals surface area contributed by atoms with Crippen molar-refractivity contribution < 1.29 is 93.3 Å². The van der Waals surface area contributed by atoms with E-state index in [2.05, 4.69) is 26.2 Å². The van der Waals surface area contributed by atoms with E-state index in [9.17, 15) is 34.2 Å². The molecule has 0 unspecified atom stereocenters. The molecule has 0 spiro atoms. The standard InChI is InChI=1S/C23H26N8O7S2.2Na/c1-30-23(27-28-29-30)40-10-12-9-39-20-17(19(34)31(20)18(12)22(37)38)26-16(33)8-11-2-4-13(5-3-11)25-15(32)7-6-14(24)21(35)36;;/h2-5,14,17,20H,6-10,24H2,1H3,(H,25,32)(H,26,33)(H,35,36)(H,37,38);;/q;2*+1/p-2/t14-,17-,20+;;/m1../s1. The van der Waals surface area contributed by atoms with E-state index >= 15 is 0 Å². The zero-order chi connectivity index (χ0) is 29.0. The van der Waals surface area contributed by atoms with E-state index in [0.717, 1.165) is 4.90 Å². The maximum atomic E-state index is 12.9. The Morgan fingerprint density at radius 3 is 2.45 bits per heavy atom. The molecule has 3 heterocycles. The summed E-state index contributed by atoms with van der Waals surface area (Å²) in [5.74, 6) is -3.70. The Morgan fingerprint density at radius 1 is 1.17 bits per heavy atom. The van der Waals surface area contributed by atoms with Crippen LogP contribution < -0.4 is 85.7 Å². The third-order valence-corrected chi connectivity index (χ3v) is 8.54. The number of benzene rings is 1. The van der Waals surface area contributed by atoms with Crippen LogP contribution in [0.1, 0.15) is 18.4 Å². The minimum atomic E-state index is -1.47. The van der Waals surface area contributed by atoms with Crippen LogP contribution in [0.15, 0.2) is 40.7 Å². The van der Waals surface area contributed by atoms with Crippen molar-refractivity contribution in [2.45, 2.75) is 41.9 Å². The van der Waals surface area contributed by atoms with E-state index in [1.54, 1.807) is 31.3 Å². The third-order valence-electron chi connectivity index (χ3n) is 6.10. The number of thioether (sulfide) groups is 2. The predicted molar refractivity (Wildman–Crippen MR) is 138 cm³/mol. The number of tetrazole rings is 1. The van der Waals surface area contributed by atoms with Crippen molar-refractivity contribution in [1.82, 2.24) is 30.4 Å². The minimum Gasteiger partial charge on any atom is -0.548 e. The average molecular weight is 635 g/mol. The molecular formula is C23H24N8Na2O7S2. The van der Waals surface area contributed by atoms with Gasteiger partial charge in [-0.15, -0.1) is 16.9 Å². The molecule has 1 fully saturated rings. The molecule has 0 saturated carbocycles. The number of aromatic nitrogens is 4. The van der Waals surface area contributed by atoms with E-state index in [4.69, 9.17) is 5.73 Å². The van der Waals surface area contributed by atoms with Crippen molar-refractivity contribution in [1.29, 1.82) is 0 Å². The largest absolute Gasteiger partial charge is 1.00 e. The van der Waals surface area contributed by atoms with Crippen LogP contribution in [0, 0.1) is 0 Å². The summed E-state index contributed by atoms with van der Waals surface area (Å²) in [6.45, 7) is 0. The minimum absolute atomic E-state index is 0. The van der Waals surface area contributed by atoms with E-state index < -0.39 is 47.1 Å². The van der Waals surface area contributed by atoms with Gasteiger partial charge in [0.25, 0.3) is 5.91 Å². The van der Waals surface area contributed by atoms with Gasteiger partial charge in [-0.3, -0.25) is 19.3 Å². The van der Waals surface area contributed by atoms with Crippen LogP contribution in [0.5, 0.6) is 0 Å². The fourth-order valence-corrected chi connectivity index (χ4v) is 6.36. The molecule has 0 bridgehead atoms. The number of carbonyl (C=O) groups excluding carboxylic acids is 5. The number of hydrogen-bond donors (Lipinski definition) is 3. The Kier molecular flexibility index (Phi) is 14.0. The van der Waals surface area contributed by atoms with Crippen LogP contribution in [-0.4, -0.2) is 83.7 Å². The van der Waals surface area contributed by atoms with Crippen LogP contribution in [0.4, 0.5) is 5.69 Å². The number of fused-ring (bicyclic) bond motifs is 1. The number of nitrogens with zero attached hydrogens (tertiary/aromatic N) is 5. The fraction of sp³-hybridized carbons (Fsp3) is 0.391. The molecule has 3 amide bonds. The molecule has 15 nitrogen and oxygen atoms in total. The monoisotopic (exact) mass is 634 g/mol. The number of amides is 3. The Hall–Kier alpha value is -1.96. The van der Waals surface area contributed by atoms with Gasteiger partial charge in [0.05, 0.1) is 24.1 Å². The molecule has 0 radical (unpaired) electrons. The van der Waals surface area contributed by atoms with Crippen molar-refractivity contribution in [3.8, 4) is 0 Å². The summed E-state index contributed by atoms with van der Waals surface area (Å²) in [6.07, 6.45) is -0.212. The quantitative estimate of drug-likeness (QED) is 0.112. The molecule has 0 aliphatic carbocycles. The summed E-state index contributed by atoms with van der Waals surface area (Å²) in [4.78, 5) is 61.2. The average Bonchev–Trinajstić information content (AvgIpc) is 3.33. The first-order chi connectivity index (χ1) is 19.0. The summed E-state index contributed by atoms with van der Waals surface area (Å²) < 4.78 is 1.45. The fourth-order valence-electron chi connectivity index (χ4n) is 4.02. The van der Waals surface area contributed by atoms with Gasteiger partial charge in [0.15, 0.2) is 0 Å². The summed E-state index contributed by atoms with van der Waals surface area (Å²) >= 11 is 2.58. The molecule has 42 heavy (non-hydrogen) atoms. The van der Waals surface area contributed by atoms with Gasteiger partial charge < -0.3 is 36.2 Å². The van der Waals surface area contributed by atoms with E-state index in [1.807, 2.05) is 0 Å². The predicted octanol–water partition coefficient (Wildman–Crippen LogP) is -9.25. The summed E-state index contributed by atoms with van der Waals surface area (Å²) in [5, 5.41) is 38.9. The second-order valence-electron chi connectivity index (χ2n) is 8.95. The molecule has 212 valence electrons. The smallest absolute Gasteiger partial charge is 0.548 e. The number of carboxylic acid groups (broad SMARTS) is 2. The topological polar surface area (TPSA) is 228 Å². The van der Waals surface area contributed by atoms with Crippen molar-refractivity contribution in [3.05, 3.63) is 41.1 Å². The number of aliphatic carboxylic acids is 2. The van der Waals surface area contributed by atoms with Crippen molar-refractivity contribution in [3.63, 3.8) is 0 Å². The molecule has 19 heteroatoms. The molecular weight excluding hydrogens is 610 g/mol. The van der Waals surface area contributed by atoms with Gasteiger partial charge in [-0.05, 0) is 40.1 Å². The summed E-state index contributed by atoms with van der Waals surface area (Å²) in [5.41, 5.74) is 6.70. The van der Waals surface area contributed by atoms with Gasteiger partial charge in [0.2, 0.25) is 17.0 Å². The van der Waals surface area contributed by atoms with Crippen molar-refractivity contribution >= 4 is 58.9 Å². The van der Waals surface area contributed by atoms with Gasteiger partial charge >= 0.3 is 59.1 Å². The number of anilines is 1. The molecule has 4 rings (SSSR count). The van der Waals surface area contributed by atoms with E-state index in [1.165, 1.54) is 28.2 Å². The zero-order valence-electron chi connectivity index (χ0n) is 23.1. The Balaban J connectivity index is 0.00000308. The Labute approximate surface area is 292 Å². The first-order valence-corrected chi connectivity index (χ1v) is 14.0. The summed E-state index contributed by atoms with van der Waals surface area (Å²) in [7, 11) is 1.66. The second-order valence-corrected chi connectivity index (χ2v) is 11.0. The number of rotatable bonds is 12. The number of aryl methyl sites for hydroxylation is 1. The SMILES string of the molecule is Cn1nnnc1SCC1=C(C(=O)[O-])N2C(=O)[C@@H](NC(=O)Cc3ccc(NC(=O)CC[C@@H](N)C(=O)[O-])cc3)[C@@H]2SC1.[Na+].[Na+]. The first-order valence-electron chi connectivity index (χ1n) is 11.9. The number of β-lactam (4-membered cyclic amide) rings is 1. The Bertz CT molecular complexity index is 1370. The van der Waals surface area contributed by atoms with E-state index in [-0.39, 0.29) is 89.8 Å². The van der Waals surface area contributed by atoms with Gasteiger partial charge in [-0.2, -0.15) is 0 Å². The molecule has 1 aromatic heterocycles. The number of nitrogens with two attached hydrogens (primary N) is 1. The number of carboxylic acids is 2. The number of hydrogen-bond acceptors (Lipinski definition) is 13. The molecule has 3 atom stereocenters. The van der Waals surface area contributed by atoms with Crippen LogP contribution in [0.2, 0.25) is 0 Å². The second kappa shape index (κ2) is 16.2. The van der Waals surface area contributed by atoms with Crippen molar-refractivity contribution in [2.24, 2.45) is 12.8 Å². The van der Waals surface area contributed by atoms with Crippen LogP contribution in [0.3, 0.4) is 0 Å². The van der Waals surface area contributed by atoms with Crippen LogP contribution >= 0.6 is 23.5 Å². The maximum Gasteiger partial charge on any atom is 1.00 e. The molecule has 4 N–H and O–H groups in total. The number of nitrogens with one attached hydrogen (secondary N) is 2. The van der Waals surface area contributed by atoms with Gasteiger partial charge in [0.1, 0.15) is 11.4 Å². The van der Waals surface area contributed by atoms with Gasteiger partial charge in [-0.1, -0.05) is 23.9 Å². The number of carbonyl (C=O) groups is 5. The molecule has 2 aliphatic rings. The Morgan fingerprint density at radius 2 is 1.86 bits per heavy atom. The molecule has 1 aromatic carbocycles. The maximum absolute atomic E-state index is 12.9. The molecule has 2 aromatic rings. The molecule has 2 aliphatic heterocycles. The van der Waals surface area contributed by atoms with E-state index in [0.29, 0.717) is 27.7 Å². The first kappa shape index (κ1) is 36.2. The normalized spacial score (nSPS) is 18.0. The van der Waals surface area contributed by atoms with Gasteiger partial charge in [-0.25, -0.2) is 4.68 Å². The third kappa shape index (κ3) is 8.79.